The number of hydrogen-bond donors (Lipinski definition) is 1. The van der Waals surface area contributed by atoms with E-state index in [-0.39, 0.29) is 41.4 Å². The normalized spacial score (nSPS) is 10.6. The van der Waals surface area contributed by atoms with Gasteiger partial charge in [-0.3, -0.25) is 4.79 Å². The Morgan fingerprint density at radius 1 is 1.13 bits per heavy atom. The number of carbonyl (C=O) groups excluding carboxylic acids is 2. The first-order valence-corrected chi connectivity index (χ1v) is 9.49. The number of aryl methyl sites for hydroxylation is 1. The highest BCUT2D eigenvalue weighted by atomic mass is 16.5. The number of nitrogens with one attached hydrogen (secondary N) is 1. The van der Waals surface area contributed by atoms with Crippen molar-refractivity contribution < 1.29 is 23.8 Å². The van der Waals surface area contributed by atoms with Crippen molar-refractivity contribution >= 4 is 17.7 Å². The number of nitrogens with zero attached hydrogens (tertiary/aromatic N) is 4. The third-order valence-electron chi connectivity index (χ3n) is 4.09. The molecule has 0 aromatic carbocycles. The average molecular weight is 425 g/mol. The second kappa shape index (κ2) is 9.70. The Labute approximate surface area is 179 Å². The smallest absolute Gasteiger partial charge is 0.339 e. The number of hydrogen-bond acceptors (Lipinski definition) is 8. The van der Waals surface area contributed by atoms with Crippen LogP contribution in [0.3, 0.4) is 0 Å². The molecule has 0 saturated heterocycles. The maximum absolute atomic E-state index is 12.8. The molecule has 0 saturated carbocycles. The molecule has 3 rings (SSSR count). The van der Waals surface area contributed by atoms with Crippen molar-refractivity contribution in [1.29, 1.82) is 0 Å². The largest absolute Gasteiger partial charge is 0.475 e. The summed E-state index contributed by atoms with van der Waals surface area (Å²) < 4.78 is 17.8. The van der Waals surface area contributed by atoms with E-state index in [1.54, 1.807) is 6.20 Å². The first kappa shape index (κ1) is 21.8. The number of aromatic nitrogens is 4. The number of pyridine rings is 2. The maximum Gasteiger partial charge on any atom is 0.339 e. The number of anilines is 1. The van der Waals surface area contributed by atoms with Gasteiger partial charge in [-0.1, -0.05) is 0 Å². The summed E-state index contributed by atoms with van der Waals surface area (Å²) in [6.07, 6.45) is 4.66. The monoisotopic (exact) mass is 425 g/mol. The zero-order chi connectivity index (χ0) is 22.4. The summed E-state index contributed by atoms with van der Waals surface area (Å²) in [4.78, 5) is 36.8. The van der Waals surface area contributed by atoms with Gasteiger partial charge < -0.3 is 24.1 Å². The van der Waals surface area contributed by atoms with Crippen molar-refractivity contribution in [3.8, 4) is 11.8 Å². The fourth-order valence-corrected chi connectivity index (χ4v) is 2.56. The number of ether oxygens (including phenoxy) is 3. The number of amides is 1. The van der Waals surface area contributed by atoms with E-state index in [9.17, 15) is 9.59 Å². The molecule has 3 aromatic rings. The topological polar surface area (TPSA) is 117 Å². The SMILES string of the molecule is COC(=O)c1ccc(NC(=O)c2cc(OCc3nccn3C)nc(OC(C)C)c2)nc1. The van der Waals surface area contributed by atoms with E-state index in [1.807, 2.05) is 31.7 Å². The number of imidazole rings is 1. The molecule has 0 aliphatic rings. The Kier molecular flexibility index (Phi) is 6.81. The summed E-state index contributed by atoms with van der Waals surface area (Å²) in [5.41, 5.74) is 0.557. The van der Waals surface area contributed by atoms with Crippen LogP contribution < -0.4 is 14.8 Å². The summed E-state index contributed by atoms with van der Waals surface area (Å²) in [7, 11) is 3.14. The van der Waals surface area contributed by atoms with Crippen molar-refractivity contribution in [3.05, 3.63) is 59.8 Å². The van der Waals surface area contributed by atoms with Gasteiger partial charge >= 0.3 is 5.97 Å². The standard InChI is InChI=1S/C21H23N5O5/c1-13(2)31-19-10-15(9-18(25-19)30-12-17-22-7-8-26(17)3)20(27)24-16-6-5-14(11-23-16)21(28)29-4/h5-11,13H,12H2,1-4H3,(H,23,24,27). The van der Waals surface area contributed by atoms with Crippen LogP contribution in [0.2, 0.25) is 0 Å². The van der Waals surface area contributed by atoms with Crippen LogP contribution in [-0.2, 0) is 18.4 Å². The molecular formula is C21H23N5O5. The minimum absolute atomic E-state index is 0.138. The van der Waals surface area contributed by atoms with Crippen molar-refractivity contribution in [2.75, 3.05) is 12.4 Å². The van der Waals surface area contributed by atoms with Gasteiger partial charge in [0.2, 0.25) is 11.8 Å². The van der Waals surface area contributed by atoms with Gasteiger partial charge in [0.05, 0.1) is 24.3 Å². The van der Waals surface area contributed by atoms with E-state index < -0.39 is 11.9 Å². The van der Waals surface area contributed by atoms with Gasteiger partial charge in [0, 0.05) is 37.8 Å². The summed E-state index contributed by atoms with van der Waals surface area (Å²) in [6.45, 7) is 3.89. The molecular weight excluding hydrogens is 402 g/mol. The highest BCUT2D eigenvalue weighted by Crippen LogP contribution is 2.21. The molecule has 0 radical (unpaired) electrons. The van der Waals surface area contributed by atoms with Gasteiger partial charge in [-0.15, -0.1) is 0 Å². The lowest BCUT2D eigenvalue weighted by Crippen LogP contribution is -2.15. The highest BCUT2D eigenvalue weighted by molar-refractivity contribution is 6.04. The molecule has 1 amide bonds. The summed E-state index contributed by atoms with van der Waals surface area (Å²) >= 11 is 0. The van der Waals surface area contributed by atoms with Crippen LogP contribution in [-0.4, -0.2) is 44.6 Å². The lowest BCUT2D eigenvalue weighted by Gasteiger charge is -2.13. The van der Waals surface area contributed by atoms with Crippen LogP contribution in [0.15, 0.2) is 42.9 Å². The molecule has 162 valence electrons. The average Bonchev–Trinajstić information content (AvgIpc) is 3.16. The molecule has 10 heteroatoms. The minimum Gasteiger partial charge on any atom is -0.475 e. The van der Waals surface area contributed by atoms with Crippen LogP contribution in [0.4, 0.5) is 5.82 Å². The quantitative estimate of drug-likeness (QED) is 0.547. The summed E-state index contributed by atoms with van der Waals surface area (Å²) in [6, 6.07) is 6.05. The number of rotatable bonds is 8. The predicted molar refractivity (Wildman–Crippen MR) is 111 cm³/mol. The molecule has 1 N–H and O–H groups in total. The molecule has 0 spiro atoms. The van der Waals surface area contributed by atoms with Crippen LogP contribution in [0, 0.1) is 0 Å². The molecule has 3 aromatic heterocycles. The number of esters is 1. The summed E-state index contributed by atoms with van der Waals surface area (Å²) in [5.74, 6) is 0.515. The Hall–Kier alpha value is -3.95. The fourth-order valence-electron chi connectivity index (χ4n) is 2.56. The predicted octanol–water partition coefficient (Wildman–Crippen LogP) is 2.62. The van der Waals surface area contributed by atoms with Gasteiger partial charge in [-0.25, -0.2) is 14.8 Å². The molecule has 0 fully saturated rings. The molecule has 31 heavy (non-hydrogen) atoms. The van der Waals surface area contributed by atoms with Crippen molar-refractivity contribution in [2.45, 2.75) is 26.6 Å². The van der Waals surface area contributed by atoms with Gasteiger partial charge in [-0.05, 0) is 26.0 Å². The minimum atomic E-state index is -0.510. The van der Waals surface area contributed by atoms with Crippen LogP contribution in [0.25, 0.3) is 0 Å². The lowest BCUT2D eigenvalue weighted by atomic mass is 10.2. The van der Waals surface area contributed by atoms with Crippen LogP contribution in [0.5, 0.6) is 11.8 Å². The summed E-state index contributed by atoms with van der Waals surface area (Å²) in [5, 5.41) is 2.67. The molecule has 0 aliphatic carbocycles. The third kappa shape index (κ3) is 5.78. The maximum atomic E-state index is 12.8. The molecule has 0 unspecified atom stereocenters. The first-order chi connectivity index (χ1) is 14.9. The van der Waals surface area contributed by atoms with Gasteiger partial charge in [-0.2, -0.15) is 4.98 Å². The van der Waals surface area contributed by atoms with E-state index in [0.717, 1.165) is 0 Å². The number of methoxy groups -OCH3 is 1. The molecule has 0 atom stereocenters. The van der Waals surface area contributed by atoms with Crippen molar-refractivity contribution in [3.63, 3.8) is 0 Å². The van der Waals surface area contributed by atoms with Gasteiger partial charge in [0.1, 0.15) is 18.2 Å². The second-order valence-corrected chi connectivity index (χ2v) is 6.82. The Bertz CT molecular complexity index is 1060. The fraction of sp³-hybridized carbons (Fsp3) is 0.286. The molecule has 3 heterocycles. The Morgan fingerprint density at radius 2 is 1.90 bits per heavy atom. The molecule has 0 aliphatic heterocycles. The van der Waals surface area contributed by atoms with Gasteiger partial charge in [0.15, 0.2) is 0 Å². The van der Waals surface area contributed by atoms with Crippen LogP contribution >= 0.6 is 0 Å². The first-order valence-electron chi connectivity index (χ1n) is 9.49. The van der Waals surface area contributed by atoms with Gasteiger partial charge in [0.25, 0.3) is 5.91 Å². The Balaban J connectivity index is 1.78. The van der Waals surface area contributed by atoms with Crippen molar-refractivity contribution in [1.82, 2.24) is 19.5 Å². The molecule has 0 bridgehead atoms. The van der Waals surface area contributed by atoms with Crippen molar-refractivity contribution in [2.24, 2.45) is 7.05 Å². The lowest BCUT2D eigenvalue weighted by molar-refractivity contribution is 0.0600. The number of carbonyl (C=O) groups is 2. The second-order valence-electron chi connectivity index (χ2n) is 6.82. The van der Waals surface area contributed by atoms with E-state index in [0.29, 0.717) is 5.82 Å². The zero-order valence-electron chi connectivity index (χ0n) is 17.7. The highest BCUT2D eigenvalue weighted by Gasteiger charge is 2.15. The third-order valence-corrected chi connectivity index (χ3v) is 4.09. The van der Waals surface area contributed by atoms with E-state index in [4.69, 9.17) is 9.47 Å². The Morgan fingerprint density at radius 3 is 2.52 bits per heavy atom. The van der Waals surface area contributed by atoms with E-state index in [2.05, 4.69) is 25.0 Å². The zero-order valence-corrected chi connectivity index (χ0v) is 17.7. The van der Waals surface area contributed by atoms with E-state index >= 15 is 0 Å². The van der Waals surface area contributed by atoms with Crippen LogP contribution in [0.1, 0.15) is 40.4 Å². The molecule has 10 nitrogen and oxygen atoms in total. The van der Waals surface area contributed by atoms with E-state index in [1.165, 1.54) is 37.6 Å².